The number of fused-ring (bicyclic) bond motifs is 1. The van der Waals surface area contributed by atoms with Gasteiger partial charge in [-0.25, -0.2) is 4.98 Å². The Morgan fingerprint density at radius 3 is 2.36 bits per heavy atom. The minimum absolute atomic E-state index is 0.396. The second kappa shape index (κ2) is 8.90. The number of nitrogens with one attached hydrogen (secondary N) is 1. The molecule has 1 aliphatic rings. The van der Waals surface area contributed by atoms with Crippen molar-refractivity contribution in [1.82, 2.24) is 14.9 Å². The van der Waals surface area contributed by atoms with E-state index in [-0.39, 0.29) is 0 Å². The molecule has 1 aliphatic heterocycles. The lowest BCUT2D eigenvalue weighted by atomic mass is 10.0. The molecule has 2 aromatic carbocycles. The molecule has 1 fully saturated rings. The molecule has 0 radical (unpaired) electrons. The fourth-order valence-corrected chi connectivity index (χ4v) is 4.55. The highest BCUT2D eigenvalue weighted by Gasteiger charge is 2.31. The van der Waals surface area contributed by atoms with Gasteiger partial charge in [0.1, 0.15) is 5.82 Å². The molecule has 0 unspecified atom stereocenters. The number of halogens is 3. The van der Waals surface area contributed by atoms with Crippen LogP contribution < -0.4 is 4.90 Å². The van der Waals surface area contributed by atoms with E-state index in [1.807, 2.05) is 29.2 Å². The van der Waals surface area contributed by atoms with E-state index in [1.165, 1.54) is 22.7 Å². The molecule has 170 valence electrons. The van der Waals surface area contributed by atoms with Gasteiger partial charge in [0.05, 0.1) is 5.56 Å². The summed E-state index contributed by atoms with van der Waals surface area (Å²) in [6, 6.07) is 20.9. The van der Waals surface area contributed by atoms with Crippen LogP contribution in [-0.4, -0.2) is 47.6 Å². The number of benzene rings is 2. The van der Waals surface area contributed by atoms with Gasteiger partial charge in [-0.2, -0.15) is 13.2 Å². The Labute approximate surface area is 190 Å². The normalized spacial score (nSPS) is 15.3. The van der Waals surface area contributed by atoms with Crippen molar-refractivity contribution in [2.75, 3.05) is 37.6 Å². The zero-order valence-corrected chi connectivity index (χ0v) is 18.1. The van der Waals surface area contributed by atoms with E-state index in [9.17, 15) is 13.2 Å². The van der Waals surface area contributed by atoms with E-state index in [0.717, 1.165) is 49.4 Å². The van der Waals surface area contributed by atoms with Crippen molar-refractivity contribution in [2.24, 2.45) is 0 Å². The summed E-state index contributed by atoms with van der Waals surface area (Å²) < 4.78 is 39.1. The van der Waals surface area contributed by atoms with Gasteiger partial charge in [-0.15, -0.1) is 0 Å². The number of aromatic nitrogens is 2. The van der Waals surface area contributed by atoms with Gasteiger partial charge in [0.15, 0.2) is 0 Å². The summed E-state index contributed by atoms with van der Waals surface area (Å²) in [7, 11) is 0. The summed E-state index contributed by atoms with van der Waals surface area (Å²) in [6.07, 6.45) is -2.21. The summed E-state index contributed by atoms with van der Waals surface area (Å²) in [6.45, 7) is 3.80. The van der Waals surface area contributed by atoms with E-state index >= 15 is 0 Å². The third-order valence-corrected chi connectivity index (χ3v) is 6.32. The fraction of sp³-hybridized carbons (Fsp3) is 0.269. The second-order valence-electron chi connectivity index (χ2n) is 8.37. The third kappa shape index (κ3) is 4.59. The van der Waals surface area contributed by atoms with Gasteiger partial charge >= 0.3 is 6.18 Å². The average Bonchev–Trinajstić information content (AvgIpc) is 3.22. The van der Waals surface area contributed by atoms with Gasteiger partial charge in [0.2, 0.25) is 0 Å². The minimum Gasteiger partial charge on any atom is -0.354 e. The highest BCUT2D eigenvalue weighted by Crippen LogP contribution is 2.32. The number of H-pyrrole nitrogens is 1. The molecule has 0 spiro atoms. The van der Waals surface area contributed by atoms with Crippen LogP contribution in [0.1, 0.15) is 11.1 Å². The smallest absolute Gasteiger partial charge is 0.354 e. The first kappa shape index (κ1) is 21.5. The van der Waals surface area contributed by atoms with Gasteiger partial charge in [-0.1, -0.05) is 48.5 Å². The van der Waals surface area contributed by atoms with Gasteiger partial charge < -0.3 is 9.88 Å². The van der Waals surface area contributed by atoms with Crippen molar-refractivity contribution in [3.05, 3.63) is 84.1 Å². The molecular weight excluding hydrogens is 425 g/mol. The van der Waals surface area contributed by atoms with Crippen LogP contribution >= 0.6 is 0 Å². The van der Waals surface area contributed by atoms with E-state index in [4.69, 9.17) is 0 Å². The zero-order valence-electron chi connectivity index (χ0n) is 18.1. The molecule has 33 heavy (non-hydrogen) atoms. The third-order valence-electron chi connectivity index (χ3n) is 6.32. The van der Waals surface area contributed by atoms with Crippen molar-refractivity contribution in [2.45, 2.75) is 12.6 Å². The van der Waals surface area contributed by atoms with Gasteiger partial charge in [0.25, 0.3) is 0 Å². The molecule has 2 aromatic heterocycles. The lowest BCUT2D eigenvalue weighted by Gasteiger charge is -2.35. The van der Waals surface area contributed by atoms with Crippen LogP contribution in [0, 0.1) is 0 Å². The highest BCUT2D eigenvalue weighted by molar-refractivity contribution is 5.90. The lowest BCUT2D eigenvalue weighted by molar-refractivity contribution is -0.137. The lowest BCUT2D eigenvalue weighted by Crippen LogP contribution is -2.47. The number of alkyl halides is 3. The molecule has 3 heterocycles. The Kier molecular flexibility index (Phi) is 5.81. The maximum absolute atomic E-state index is 13.0. The zero-order chi connectivity index (χ0) is 22.8. The molecule has 4 nitrogen and oxygen atoms in total. The van der Waals surface area contributed by atoms with Crippen LogP contribution in [-0.2, 0) is 12.6 Å². The van der Waals surface area contributed by atoms with Crippen molar-refractivity contribution >= 4 is 16.7 Å². The van der Waals surface area contributed by atoms with Gasteiger partial charge in [-0.3, -0.25) is 4.90 Å². The number of aromatic amines is 1. The van der Waals surface area contributed by atoms with Crippen molar-refractivity contribution < 1.29 is 13.2 Å². The Hall–Kier alpha value is -3.32. The molecule has 5 rings (SSSR count). The number of pyridine rings is 1. The Bertz CT molecular complexity index is 1230. The molecule has 0 bridgehead atoms. The van der Waals surface area contributed by atoms with Gasteiger partial charge in [-0.05, 0) is 35.7 Å². The molecular formula is C26H25F3N4. The van der Waals surface area contributed by atoms with Crippen LogP contribution in [0.4, 0.5) is 19.0 Å². The number of rotatable bonds is 5. The maximum atomic E-state index is 13.0. The highest BCUT2D eigenvalue weighted by atomic mass is 19.4. The quantitative estimate of drug-likeness (QED) is 0.429. The van der Waals surface area contributed by atoms with E-state index < -0.39 is 11.7 Å². The maximum Gasteiger partial charge on any atom is 0.416 e. The molecule has 0 amide bonds. The number of piperazine rings is 1. The first-order valence-electron chi connectivity index (χ1n) is 11.1. The van der Waals surface area contributed by atoms with Crippen LogP contribution in [0.2, 0.25) is 0 Å². The number of hydrogen-bond acceptors (Lipinski definition) is 3. The SMILES string of the molecule is FC(F)(F)c1ccnc(N2CCN(CCc3c(-c4ccccc4)[nH]c4ccccc34)CC2)c1. The summed E-state index contributed by atoms with van der Waals surface area (Å²) >= 11 is 0. The topological polar surface area (TPSA) is 35.2 Å². The largest absolute Gasteiger partial charge is 0.416 e. The average molecular weight is 451 g/mol. The summed E-state index contributed by atoms with van der Waals surface area (Å²) in [5, 5.41) is 1.24. The molecule has 4 aromatic rings. The van der Waals surface area contributed by atoms with Crippen molar-refractivity contribution in [1.29, 1.82) is 0 Å². The predicted octanol–water partition coefficient (Wildman–Crippen LogP) is 5.61. The van der Waals surface area contributed by atoms with Crippen LogP contribution in [0.15, 0.2) is 72.9 Å². The van der Waals surface area contributed by atoms with Crippen molar-refractivity contribution in [3.8, 4) is 11.3 Å². The molecule has 0 saturated carbocycles. The molecule has 0 aliphatic carbocycles. The number of nitrogens with zero attached hydrogens (tertiary/aromatic N) is 3. The van der Waals surface area contributed by atoms with Crippen LogP contribution in [0.25, 0.3) is 22.2 Å². The Morgan fingerprint density at radius 2 is 1.61 bits per heavy atom. The summed E-state index contributed by atoms with van der Waals surface area (Å²) in [4.78, 5) is 12.1. The second-order valence-corrected chi connectivity index (χ2v) is 8.37. The fourth-order valence-electron chi connectivity index (χ4n) is 4.55. The van der Waals surface area contributed by atoms with E-state index in [2.05, 4.69) is 45.2 Å². The van der Waals surface area contributed by atoms with Crippen molar-refractivity contribution in [3.63, 3.8) is 0 Å². The molecule has 1 saturated heterocycles. The Morgan fingerprint density at radius 1 is 0.879 bits per heavy atom. The first-order valence-corrected chi connectivity index (χ1v) is 11.1. The number of para-hydroxylation sites is 1. The minimum atomic E-state index is -4.35. The van der Waals surface area contributed by atoms with Gasteiger partial charge in [0, 0.05) is 55.5 Å². The van der Waals surface area contributed by atoms with E-state index in [1.54, 1.807) is 0 Å². The summed E-state index contributed by atoms with van der Waals surface area (Å²) in [5.41, 5.74) is 4.11. The monoisotopic (exact) mass is 450 g/mol. The number of hydrogen-bond donors (Lipinski definition) is 1. The van der Waals surface area contributed by atoms with E-state index in [0.29, 0.717) is 18.9 Å². The first-order chi connectivity index (χ1) is 16.0. The standard InChI is InChI=1S/C26H25F3N4/c27-26(28,29)20-10-12-30-24(18-20)33-16-14-32(15-17-33)13-11-22-21-8-4-5-9-23(21)31-25(22)19-6-2-1-3-7-19/h1-10,12,18,31H,11,13-17H2. The molecule has 7 heteroatoms. The Balaban J connectivity index is 1.28. The van der Waals surface area contributed by atoms with Crippen LogP contribution in [0.5, 0.6) is 0 Å². The predicted molar refractivity (Wildman–Crippen MR) is 125 cm³/mol. The number of anilines is 1. The molecule has 1 N–H and O–H groups in total. The molecule has 0 atom stereocenters. The van der Waals surface area contributed by atoms with Crippen LogP contribution in [0.3, 0.4) is 0 Å². The summed E-state index contributed by atoms with van der Waals surface area (Å²) in [5.74, 6) is 0.396.